The van der Waals surface area contributed by atoms with Crippen molar-refractivity contribution < 1.29 is 0 Å². The number of hydrogen-bond acceptors (Lipinski definition) is 2. The minimum Gasteiger partial charge on any atom is -0.310 e. The van der Waals surface area contributed by atoms with Gasteiger partial charge in [-0.15, -0.1) is 11.3 Å². The van der Waals surface area contributed by atoms with E-state index in [-0.39, 0.29) is 0 Å². The van der Waals surface area contributed by atoms with Gasteiger partial charge in [-0.3, -0.25) is 0 Å². The number of fused-ring (bicyclic) bond motifs is 7. The van der Waals surface area contributed by atoms with E-state index >= 15 is 0 Å². The lowest BCUT2D eigenvalue weighted by molar-refractivity contribution is 1.18. The molecule has 49 heavy (non-hydrogen) atoms. The van der Waals surface area contributed by atoms with Crippen molar-refractivity contribution in [2.45, 2.75) is 0 Å². The van der Waals surface area contributed by atoms with Crippen molar-refractivity contribution in [1.82, 2.24) is 4.57 Å². The molecule has 10 aromatic rings. The summed E-state index contributed by atoms with van der Waals surface area (Å²) in [5.41, 5.74) is 9.37. The van der Waals surface area contributed by atoms with Gasteiger partial charge in [-0.05, 0) is 88.6 Å². The molecular weight excluding hydrogens is 613 g/mol. The molecule has 0 N–H and O–H groups in total. The minimum atomic E-state index is 1.12. The molecule has 8 aromatic carbocycles. The van der Waals surface area contributed by atoms with Crippen LogP contribution < -0.4 is 4.90 Å². The second kappa shape index (κ2) is 11.2. The van der Waals surface area contributed by atoms with Crippen LogP contribution in [0, 0.1) is 0 Å². The van der Waals surface area contributed by atoms with Crippen molar-refractivity contribution in [2.75, 3.05) is 4.90 Å². The van der Waals surface area contributed by atoms with Crippen LogP contribution in [0.3, 0.4) is 0 Å². The normalized spacial score (nSPS) is 11.7. The average Bonchev–Trinajstić information content (AvgIpc) is 3.70. The fourth-order valence-electron chi connectivity index (χ4n) is 7.53. The Balaban J connectivity index is 1.23. The lowest BCUT2D eigenvalue weighted by atomic mass is 9.97. The Labute approximate surface area is 288 Å². The zero-order chi connectivity index (χ0) is 32.3. The molecule has 0 atom stereocenters. The maximum atomic E-state index is 2.43. The van der Waals surface area contributed by atoms with Crippen LogP contribution in [0.1, 0.15) is 0 Å². The summed E-state index contributed by atoms with van der Waals surface area (Å²) in [6, 6.07) is 66.2. The Morgan fingerprint density at radius 3 is 1.96 bits per heavy atom. The Hall–Kier alpha value is -6.16. The van der Waals surface area contributed by atoms with Gasteiger partial charge >= 0.3 is 0 Å². The van der Waals surface area contributed by atoms with E-state index in [1.165, 1.54) is 63.9 Å². The lowest BCUT2D eigenvalue weighted by Crippen LogP contribution is -2.09. The third-order valence-electron chi connectivity index (χ3n) is 9.74. The fraction of sp³-hybridized carbons (Fsp3) is 0. The summed E-state index contributed by atoms with van der Waals surface area (Å²) in [6.45, 7) is 0. The fourth-order valence-corrected chi connectivity index (χ4v) is 8.66. The molecule has 0 saturated carbocycles. The van der Waals surface area contributed by atoms with Gasteiger partial charge in [-0.25, -0.2) is 0 Å². The highest BCUT2D eigenvalue weighted by molar-refractivity contribution is 7.25. The number of benzene rings is 8. The Bertz CT molecular complexity index is 2830. The number of anilines is 3. The predicted octanol–water partition coefficient (Wildman–Crippen LogP) is 13.4. The van der Waals surface area contributed by atoms with Crippen LogP contribution in [-0.4, -0.2) is 4.57 Å². The molecule has 10 rings (SSSR count). The van der Waals surface area contributed by atoms with Gasteiger partial charge in [0, 0.05) is 53.7 Å². The van der Waals surface area contributed by atoms with Crippen LogP contribution in [0.4, 0.5) is 17.1 Å². The van der Waals surface area contributed by atoms with Crippen molar-refractivity contribution >= 4 is 81.1 Å². The van der Waals surface area contributed by atoms with Crippen molar-refractivity contribution in [3.8, 4) is 16.8 Å². The van der Waals surface area contributed by atoms with Crippen LogP contribution in [0.2, 0.25) is 0 Å². The highest BCUT2D eigenvalue weighted by atomic mass is 32.1. The largest absolute Gasteiger partial charge is 0.310 e. The SMILES string of the molecule is c1ccc(N(c2ccc3c(c2)sc2ccccc23)c2ccc3c4c(-c5ccc6ccccc6c5)cccc4n(-c4ccccc4)c3c2)cc1. The Morgan fingerprint density at radius 2 is 1.10 bits per heavy atom. The molecule has 0 bridgehead atoms. The summed E-state index contributed by atoms with van der Waals surface area (Å²) in [7, 11) is 0. The molecule has 0 aliphatic heterocycles. The smallest absolute Gasteiger partial charge is 0.0562 e. The van der Waals surface area contributed by atoms with E-state index in [1.54, 1.807) is 0 Å². The molecule has 0 fully saturated rings. The van der Waals surface area contributed by atoms with E-state index in [9.17, 15) is 0 Å². The Kier molecular flexibility index (Phi) is 6.39. The van der Waals surface area contributed by atoms with E-state index in [4.69, 9.17) is 0 Å². The summed E-state index contributed by atoms with van der Waals surface area (Å²) in [6.07, 6.45) is 0. The summed E-state index contributed by atoms with van der Waals surface area (Å²) in [5.74, 6) is 0. The van der Waals surface area contributed by atoms with Crippen LogP contribution >= 0.6 is 11.3 Å². The van der Waals surface area contributed by atoms with E-state index < -0.39 is 0 Å². The number of nitrogens with zero attached hydrogens (tertiary/aromatic N) is 2. The van der Waals surface area contributed by atoms with Gasteiger partial charge in [0.15, 0.2) is 0 Å². The molecule has 2 nitrogen and oxygen atoms in total. The molecule has 230 valence electrons. The number of para-hydroxylation sites is 2. The Morgan fingerprint density at radius 1 is 0.408 bits per heavy atom. The predicted molar refractivity (Wildman–Crippen MR) is 211 cm³/mol. The number of hydrogen-bond donors (Lipinski definition) is 0. The van der Waals surface area contributed by atoms with Crippen molar-refractivity contribution in [3.05, 3.63) is 182 Å². The standard InChI is InChI=1S/C46H30N2S/c1-3-14-34(15-4-1)47(37-24-26-40-39-18-9-10-21-44(39)49-45(40)30-37)36-25-27-41-43(29-36)48(35-16-5-2-6-17-35)42-20-11-19-38(46(41)42)33-23-22-31-12-7-8-13-32(31)28-33/h1-30H. The van der Waals surface area contributed by atoms with Crippen molar-refractivity contribution in [1.29, 1.82) is 0 Å². The minimum absolute atomic E-state index is 1.12. The molecule has 0 radical (unpaired) electrons. The first-order valence-corrected chi connectivity index (χ1v) is 17.5. The lowest BCUT2D eigenvalue weighted by Gasteiger charge is -2.26. The van der Waals surface area contributed by atoms with E-state index in [0.29, 0.717) is 0 Å². The van der Waals surface area contributed by atoms with E-state index in [2.05, 4.69) is 191 Å². The maximum Gasteiger partial charge on any atom is 0.0562 e. The average molecular weight is 643 g/mol. The van der Waals surface area contributed by atoms with Gasteiger partial charge in [0.1, 0.15) is 0 Å². The zero-order valence-electron chi connectivity index (χ0n) is 26.6. The number of aromatic nitrogens is 1. The monoisotopic (exact) mass is 642 g/mol. The van der Waals surface area contributed by atoms with Crippen molar-refractivity contribution in [3.63, 3.8) is 0 Å². The van der Waals surface area contributed by atoms with Gasteiger partial charge < -0.3 is 9.47 Å². The molecule has 2 heterocycles. The maximum absolute atomic E-state index is 2.43. The van der Waals surface area contributed by atoms with Crippen LogP contribution in [0.15, 0.2) is 182 Å². The highest BCUT2D eigenvalue weighted by Crippen LogP contribution is 2.44. The van der Waals surface area contributed by atoms with E-state index in [0.717, 1.165) is 22.7 Å². The van der Waals surface area contributed by atoms with Gasteiger partial charge in [0.2, 0.25) is 0 Å². The first-order chi connectivity index (χ1) is 24.3. The molecule has 0 aliphatic rings. The second-order valence-corrected chi connectivity index (χ2v) is 13.7. The number of rotatable bonds is 5. The van der Waals surface area contributed by atoms with Gasteiger partial charge in [0.05, 0.1) is 11.0 Å². The number of thiophene rings is 1. The van der Waals surface area contributed by atoms with Crippen LogP contribution in [0.25, 0.3) is 69.6 Å². The molecule has 0 aliphatic carbocycles. The first kappa shape index (κ1) is 27.9. The zero-order valence-corrected chi connectivity index (χ0v) is 27.4. The van der Waals surface area contributed by atoms with Crippen molar-refractivity contribution in [2.24, 2.45) is 0 Å². The second-order valence-electron chi connectivity index (χ2n) is 12.6. The summed E-state index contributed by atoms with van der Waals surface area (Å²) in [5, 5.41) is 7.62. The molecule has 0 spiro atoms. The first-order valence-electron chi connectivity index (χ1n) is 16.7. The van der Waals surface area contributed by atoms with Crippen LogP contribution in [-0.2, 0) is 0 Å². The summed E-state index contributed by atoms with van der Waals surface area (Å²) >= 11 is 1.86. The molecule has 3 heteroatoms. The third-order valence-corrected chi connectivity index (χ3v) is 10.9. The van der Waals surface area contributed by atoms with Gasteiger partial charge in [-0.2, -0.15) is 0 Å². The summed E-state index contributed by atoms with van der Waals surface area (Å²) < 4.78 is 5.04. The molecule has 0 unspecified atom stereocenters. The van der Waals surface area contributed by atoms with E-state index in [1.807, 2.05) is 11.3 Å². The summed E-state index contributed by atoms with van der Waals surface area (Å²) in [4.78, 5) is 2.39. The molecule has 2 aromatic heterocycles. The quantitative estimate of drug-likeness (QED) is 0.181. The molecular formula is C46H30N2S. The van der Waals surface area contributed by atoms with Gasteiger partial charge in [0.25, 0.3) is 0 Å². The highest BCUT2D eigenvalue weighted by Gasteiger charge is 2.20. The molecule has 0 amide bonds. The van der Waals surface area contributed by atoms with Gasteiger partial charge in [-0.1, -0.05) is 115 Å². The van der Waals surface area contributed by atoms with Crippen LogP contribution in [0.5, 0.6) is 0 Å². The molecule has 0 saturated heterocycles. The topological polar surface area (TPSA) is 8.17 Å². The third kappa shape index (κ3) is 4.55.